The van der Waals surface area contributed by atoms with Gasteiger partial charge in [-0.1, -0.05) is 29.8 Å². The summed E-state index contributed by atoms with van der Waals surface area (Å²) in [5.41, 5.74) is 0.239. The number of hydrogen-bond donors (Lipinski definition) is 1. The summed E-state index contributed by atoms with van der Waals surface area (Å²) in [6, 6.07) is 7.09. The third-order valence-corrected chi connectivity index (χ3v) is 3.32. The molecule has 23 heavy (non-hydrogen) atoms. The van der Waals surface area contributed by atoms with E-state index in [0.29, 0.717) is 10.6 Å². The van der Waals surface area contributed by atoms with E-state index < -0.39 is 23.6 Å². The molecule has 0 saturated heterocycles. The molecule has 0 aliphatic heterocycles. The van der Waals surface area contributed by atoms with E-state index in [1.807, 2.05) is 20.8 Å². The second-order valence-electron chi connectivity index (χ2n) is 6.08. The summed E-state index contributed by atoms with van der Waals surface area (Å²) in [6.45, 7) is 5.46. The number of carbonyl (C=O) groups is 2. The lowest BCUT2D eigenvalue weighted by Gasteiger charge is -2.25. The Morgan fingerprint density at radius 2 is 1.91 bits per heavy atom. The van der Waals surface area contributed by atoms with Crippen molar-refractivity contribution in [1.29, 1.82) is 0 Å². The zero-order valence-corrected chi connectivity index (χ0v) is 14.8. The molecule has 1 atom stereocenters. The largest absolute Gasteiger partial charge is 0.436 e. The van der Waals surface area contributed by atoms with E-state index in [-0.39, 0.29) is 6.42 Å². The van der Waals surface area contributed by atoms with Crippen molar-refractivity contribution >= 4 is 23.6 Å². The molecule has 0 unspecified atom stereocenters. The molecule has 0 aromatic heterocycles. The van der Waals surface area contributed by atoms with E-state index in [1.165, 1.54) is 14.2 Å². The van der Waals surface area contributed by atoms with E-state index in [0.717, 1.165) is 5.06 Å². The lowest BCUT2D eigenvalue weighted by Crippen LogP contribution is -2.46. The number of carbonyl (C=O) groups excluding carboxylic acids is 2. The van der Waals surface area contributed by atoms with Crippen LogP contribution in [0.25, 0.3) is 0 Å². The first kappa shape index (κ1) is 19.3. The van der Waals surface area contributed by atoms with Gasteiger partial charge in [0.2, 0.25) is 0 Å². The Balaban J connectivity index is 2.92. The molecule has 0 saturated carbocycles. The summed E-state index contributed by atoms with van der Waals surface area (Å²) in [7, 11) is 2.81. The molecule has 0 spiro atoms. The average Bonchev–Trinajstić information content (AvgIpc) is 2.45. The van der Waals surface area contributed by atoms with Gasteiger partial charge in [-0.25, -0.2) is 9.86 Å². The normalized spacial score (nSPS) is 12.4. The molecule has 6 nitrogen and oxygen atoms in total. The van der Waals surface area contributed by atoms with Gasteiger partial charge in [-0.15, -0.1) is 0 Å². The number of ether oxygens (including phenoxy) is 1. The molecule has 128 valence electrons. The van der Waals surface area contributed by atoms with Crippen LogP contribution >= 0.6 is 11.6 Å². The molecule has 1 N–H and O–H groups in total. The van der Waals surface area contributed by atoms with Crippen LogP contribution in [0.1, 0.15) is 26.3 Å². The molecule has 2 amide bonds. The van der Waals surface area contributed by atoms with Gasteiger partial charge < -0.3 is 10.1 Å². The summed E-state index contributed by atoms with van der Waals surface area (Å²) in [6.07, 6.45) is -1.56. The molecule has 0 radical (unpaired) electrons. The predicted octanol–water partition coefficient (Wildman–Crippen LogP) is 2.80. The smallest absolute Gasteiger partial charge is 0.408 e. The standard InChI is InChI=1S/C16H23ClN2O4/c1-16(2,3)18-15(21)23-13(14(20)19(4)22-5)10-11-8-6-7-9-12(11)17/h6-9,13H,10H2,1-5H3,(H,18,21)/t13-/m0/s1. The van der Waals surface area contributed by atoms with E-state index in [4.69, 9.17) is 21.2 Å². The van der Waals surface area contributed by atoms with Gasteiger partial charge in [0, 0.05) is 24.0 Å². The lowest BCUT2D eigenvalue weighted by molar-refractivity contribution is -0.177. The van der Waals surface area contributed by atoms with Crippen molar-refractivity contribution in [1.82, 2.24) is 10.4 Å². The van der Waals surface area contributed by atoms with Gasteiger partial charge in [0.25, 0.3) is 5.91 Å². The van der Waals surface area contributed by atoms with Crippen LogP contribution in [0.5, 0.6) is 0 Å². The summed E-state index contributed by atoms with van der Waals surface area (Å²) in [4.78, 5) is 29.2. The number of alkyl carbamates (subject to hydrolysis) is 1. The Kier molecular flexibility index (Phi) is 6.84. The minimum atomic E-state index is -1.04. The first-order valence-corrected chi connectivity index (χ1v) is 7.55. The lowest BCUT2D eigenvalue weighted by atomic mass is 10.1. The van der Waals surface area contributed by atoms with Crippen molar-refractivity contribution in [3.8, 4) is 0 Å². The number of hydroxylamine groups is 2. The molecular weight excluding hydrogens is 320 g/mol. The molecule has 0 bridgehead atoms. The number of amides is 2. The topological polar surface area (TPSA) is 67.9 Å². The second kappa shape index (κ2) is 8.17. The Morgan fingerprint density at radius 1 is 1.30 bits per heavy atom. The van der Waals surface area contributed by atoms with Crippen LogP contribution < -0.4 is 5.32 Å². The van der Waals surface area contributed by atoms with Crippen molar-refractivity contribution in [2.45, 2.75) is 38.8 Å². The minimum absolute atomic E-state index is 0.157. The van der Waals surface area contributed by atoms with Crippen LogP contribution in [-0.4, -0.2) is 42.9 Å². The highest BCUT2D eigenvalue weighted by Gasteiger charge is 2.28. The van der Waals surface area contributed by atoms with Gasteiger partial charge in [0.05, 0.1) is 7.11 Å². The van der Waals surface area contributed by atoms with Crippen molar-refractivity contribution < 1.29 is 19.2 Å². The van der Waals surface area contributed by atoms with Crippen LogP contribution in [0.2, 0.25) is 5.02 Å². The Morgan fingerprint density at radius 3 is 2.43 bits per heavy atom. The minimum Gasteiger partial charge on any atom is -0.436 e. The Bertz CT molecular complexity index is 557. The molecule has 0 heterocycles. The zero-order chi connectivity index (χ0) is 17.6. The Hall–Kier alpha value is -1.79. The van der Waals surface area contributed by atoms with Crippen LogP contribution in [0.4, 0.5) is 4.79 Å². The SMILES string of the molecule is CON(C)C(=O)[C@H](Cc1ccccc1Cl)OC(=O)NC(C)(C)C. The van der Waals surface area contributed by atoms with E-state index in [2.05, 4.69) is 5.32 Å². The highest BCUT2D eigenvalue weighted by molar-refractivity contribution is 6.31. The zero-order valence-electron chi connectivity index (χ0n) is 14.1. The summed E-state index contributed by atoms with van der Waals surface area (Å²) in [5, 5.41) is 4.18. The first-order valence-electron chi connectivity index (χ1n) is 7.18. The van der Waals surface area contributed by atoms with Crippen molar-refractivity contribution in [2.75, 3.05) is 14.2 Å². The third-order valence-electron chi connectivity index (χ3n) is 2.95. The number of halogens is 1. The molecule has 0 aliphatic rings. The van der Waals surface area contributed by atoms with Crippen LogP contribution in [0.15, 0.2) is 24.3 Å². The van der Waals surface area contributed by atoms with Gasteiger partial charge in [-0.05, 0) is 32.4 Å². The van der Waals surface area contributed by atoms with Crippen molar-refractivity contribution in [3.63, 3.8) is 0 Å². The van der Waals surface area contributed by atoms with Crippen molar-refractivity contribution in [3.05, 3.63) is 34.9 Å². The summed E-state index contributed by atoms with van der Waals surface area (Å²) >= 11 is 6.12. The average molecular weight is 343 g/mol. The van der Waals surface area contributed by atoms with E-state index in [9.17, 15) is 9.59 Å². The number of hydrogen-bond acceptors (Lipinski definition) is 4. The highest BCUT2D eigenvalue weighted by Crippen LogP contribution is 2.19. The monoisotopic (exact) mass is 342 g/mol. The highest BCUT2D eigenvalue weighted by atomic mass is 35.5. The second-order valence-corrected chi connectivity index (χ2v) is 6.49. The number of benzene rings is 1. The maximum atomic E-state index is 12.3. The maximum absolute atomic E-state index is 12.3. The fourth-order valence-electron chi connectivity index (χ4n) is 1.80. The quantitative estimate of drug-likeness (QED) is 0.835. The van der Waals surface area contributed by atoms with Crippen LogP contribution in [-0.2, 0) is 20.8 Å². The van der Waals surface area contributed by atoms with E-state index in [1.54, 1.807) is 24.3 Å². The molecule has 1 aromatic rings. The molecular formula is C16H23ClN2O4. The fraction of sp³-hybridized carbons (Fsp3) is 0.500. The molecule has 7 heteroatoms. The molecule has 0 fully saturated rings. The van der Waals surface area contributed by atoms with Gasteiger partial charge in [0.1, 0.15) is 0 Å². The van der Waals surface area contributed by atoms with Gasteiger partial charge in [-0.3, -0.25) is 9.63 Å². The summed E-state index contributed by atoms with van der Waals surface area (Å²) in [5.74, 6) is -0.475. The predicted molar refractivity (Wildman–Crippen MR) is 88.1 cm³/mol. The number of nitrogens with one attached hydrogen (secondary N) is 1. The van der Waals surface area contributed by atoms with Crippen LogP contribution in [0, 0.1) is 0 Å². The van der Waals surface area contributed by atoms with Crippen LogP contribution in [0.3, 0.4) is 0 Å². The van der Waals surface area contributed by atoms with Gasteiger partial charge >= 0.3 is 6.09 Å². The molecule has 1 aromatic carbocycles. The third kappa shape index (κ3) is 6.46. The number of rotatable bonds is 5. The molecule has 1 rings (SSSR count). The maximum Gasteiger partial charge on any atom is 0.408 e. The molecule has 0 aliphatic carbocycles. The first-order chi connectivity index (χ1) is 10.6. The Labute approximate surface area is 141 Å². The van der Waals surface area contributed by atoms with E-state index >= 15 is 0 Å². The fourth-order valence-corrected chi connectivity index (χ4v) is 2.01. The van der Waals surface area contributed by atoms with Gasteiger partial charge in [0.15, 0.2) is 6.10 Å². The number of nitrogens with zero attached hydrogens (tertiary/aromatic N) is 1. The summed E-state index contributed by atoms with van der Waals surface area (Å²) < 4.78 is 5.29. The van der Waals surface area contributed by atoms with Gasteiger partial charge in [-0.2, -0.15) is 0 Å². The number of likely N-dealkylation sites (N-methyl/N-ethyl adjacent to an activating group) is 1. The van der Waals surface area contributed by atoms with Crippen molar-refractivity contribution in [2.24, 2.45) is 0 Å².